The van der Waals surface area contributed by atoms with Crippen LogP contribution in [0.25, 0.3) is 0 Å². The predicted molar refractivity (Wildman–Crippen MR) is 107 cm³/mol. The van der Waals surface area contributed by atoms with Crippen LogP contribution in [0.3, 0.4) is 0 Å². The summed E-state index contributed by atoms with van der Waals surface area (Å²) in [5.41, 5.74) is 0.0813. The summed E-state index contributed by atoms with van der Waals surface area (Å²) < 4.78 is 37.1. The van der Waals surface area contributed by atoms with Gasteiger partial charge in [-0.15, -0.1) is 11.8 Å². The molecule has 0 aliphatic rings. The normalized spacial score (nSPS) is 11.0. The Hall–Kier alpha value is -2.52. The number of benzene rings is 2. The second kappa shape index (κ2) is 9.61. The molecule has 0 aliphatic carbocycles. The van der Waals surface area contributed by atoms with Gasteiger partial charge in [0.25, 0.3) is 10.0 Å². The molecule has 0 aromatic heterocycles. The first-order valence-electron chi connectivity index (χ1n) is 8.35. The summed E-state index contributed by atoms with van der Waals surface area (Å²) in [5, 5.41) is 0. The molecule has 9 heteroatoms. The highest BCUT2D eigenvalue weighted by Crippen LogP contribution is 2.28. The molecular formula is C19H21NO6S2. The number of hydrogen-bond acceptors (Lipinski definition) is 7. The Morgan fingerprint density at radius 3 is 2.29 bits per heavy atom. The number of ether oxygens (including phenoxy) is 2. The van der Waals surface area contributed by atoms with Crippen LogP contribution in [0.4, 0.5) is 5.69 Å². The van der Waals surface area contributed by atoms with Gasteiger partial charge in [-0.1, -0.05) is 12.1 Å². The summed E-state index contributed by atoms with van der Waals surface area (Å²) in [4.78, 5) is 25.1. The molecule has 0 bridgehead atoms. The highest BCUT2D eigenvalue weighted by molar-refractivity contribution is 7.98. The molecule has 2 aromatic carbocycles. The van der Waals surface area contributed by atoms with Crippen LogP contribution in [0.15, 0.2) is 58.3 Å². The molecular weight excluding hydrogens is 402 g/mol. The van der Waals surface area contributed by atoms with Crippen LogP contribution < -0.4 is 4.31 Å². The van der Waals surface area contributed by atoms with Crippen LogP contribution in [-0.2, 0) is 24.3 Å². The number of esters is 2. The van der Waals surface area contributed by atoms with Gasteiger partial charge in [0.2, 0.25) is 0 Å². The standard InChI is InChI=1S/C19H21NO6S2/c1-4-26-19(22)16-7-5-6-8-17(16)20(13-18(21)25-2)28(23,24)15-11-9-14(27-3)10-12-15/h5-12H,4,13H2,1-3H3. The Kier molecular flexibility index (Phi) is 7.47. The molecule has 0 amide bonds. The van der Waals surface area contributed by atoms with Crippen LogP contribution in [0, 0.1) is 0 Å². The highest BCUT2D eigenvalue weighted by Gasteiger charge is 2.30. The van der Waals surface area contributed by atoms with Crippen molar-refractivity contribution in [3.8, 4) is 0 Å². The number of sulfonamides is 1. The van der Waals surface area contributed by atoms with E-state index in [9.17, 15) is 18.0 Å². The third-order valence-electron chi connectivity index (χ3n) is 3.82. The number of rotatable bonds is 8. The van der Waals surface area contributed by atoms with Crippen LogP contribution in [-0.4, -0.2) is 46.9 Å². The first kappa shape index (κ1) is 21.8. The van der Waals surface area contributed by atoms with Crippen molar-refractivity contribution in [1.82, 2.24) is 0 Å². The molecule has 2 rings (SSSR count). The van der Waals surface area contributed by atoms with E-state index in [1.165, 1.54) is 36.0 Å². The molecule has 0 atom stereocenters. The van der Waals surface area contributed by atoms with E-state index in [0.29, 0.717) is 0 Å². The van der Waals surface area contributed by atoms with Gasteiger partial charge >= 0.3 is 11.9 Å². The fourth-order valence-corrected chi connectivity index (χ4v) is 4.27. The predicted octanol–water partition coefficient (Wildman–Crippen LogP) is 2.95. The average Bonchev–Trinajstić information content (AvgIpc) is 2.71. The molecule has 0 unspecified atom stereocenters. The highest BCUT2D eigenvalue weighted by atomic mass is 32.2. The number of hydrogen-bond donors (Lipinski definition) is 0. The Labute approximate surface area is 168 Å². The number of para-hydroxylation sites is 1. The van der Waals surface area contributed by atoms with E-state index in [2.05, 4.69) is 4.74 Å². The van der Waals surface area contributed by atoms with Crippen LogP contribution >= 0.6 is 11.8 Å². The molecule has 0 N–H and O–H groups in total. The van der Waals surface area contributed by atoms with Gasteiger partial charge in [0.15, 0.2) is 0 Å². The largest absolute Gasteiger partial charge is 0.468 e. The first-order chi connectivity index (χ1) is 13.3. The van der Waals surface area contributed by atoms with Gasteiger partial charge in [0.1, 0.15) is 6.54 Å². The minimum atomic E-state index is -4.14. The third kappa shape index (κ3) is 4.85. The van der Waals surface area contributed by atoms with Gasteiger partial charge in [-0.2, -0.15) is 0 Å². The Morgan fingerprint density at radius 1 is 1.07 bits per heavy atom. The Balaban J connectivity index is 2.59. The second-order valence-electron chi connectivity index (χ2n) is 5.50. The van der Waals surface area contributed by atoms with E-state index in [1.54, 1.807) is 31.2 Å². The van der Waals surface area contributed by atoms with Crippen molar-refractivity contribution in [3.63, 3.8) is 0 Å². The summed E-state index contributed by atoms with van der Waals surface area (Å²) in [6.07, 6.45) is 1.88. The summed E-state index contributed by atoms with van der Waals surface area (Å²) >= 11 is 1.48. The quantitative estimate of drug-likeness (QED) is 0.476. The lowest BCUT2D eigenvalue weighted by Gasteiger charge is -2.25. The van der Waals surface area contributed by atoms with Gasteiger partial charge in [-0.3, -0.25) is 9.10 Å². The Bertz CT molecular complexity index is 941. The molecule has 0 radical (unpaired) electrons. The fraction of sp³-hybridized carbons (Fsp3) is 0.263. The summed E-state index contributed by atoms with van der Waals surface area (Å²) in [7, 11) is -2.98. The number of nitrogens with zero attached hydrogens (tertiary/aromatic N) is 1. The minimum absolute atomic E-state index is 0.00661. The maximum atomic E-state index is 13.3. The van der Waals surface area contributed by atoms with Gasteiger partial charge in [0, 0.05) is 4.90 Å². The van der Waals surface area contributed by atoms with Crippen molar-refractivity contribution >= 4 is 39.4 Å². The lowest BCUT2D eigenvalue weighted by molar-refractivity contribution is -0.138. The van der Waals surface area contributed by atoms with Crippen molar-refractivity contribution in [2.45, 2.75) is 16.7 Å². The molecule has 0 saturated carbocycles. The molecule has 150 valence electrons. The summed E-state index contributed by atoms with van der Waals surface area (Å²) in [5.74, 6) is -1.44. The van der Waals surface area contributed by atoms with Crippen LogP contribution in [0.1, 0.15) is 17.3 Å². The maximum absolute atomic E-state index is 13.3. The topological polar surface area (TPSA) is 90.0 Å². The van der Waals surface area contributed by atoms with E-state index in [0.717, 1.165) is 16.3 Å². The monoisotopic (exact) mass is 423 g/mol. The molecule has 0 spiro atoms. The van der Waals surface area contributed by atoms with Gasteiger partial charge in [-0.25, -0.2) is 13.2 Å². The number of thioether (sulfide) groups is 1. The third-order valence-corrected chi connectivity index (χ3v) is 6.33. The molecule has 0 saturated heterocycles. The smallest absolute Gasteiger partial charge is 0.340 e. The van der Waals surface area contributed by atoms with E-state index in [1.807, 2.05) is 6.26 Å². The first-order valence-corrected chi connectivity index (χ1v) is 11.0. The molecule has 2 aromatic rings. The van der Waals surface area contributed by atoms with Crippen LogP contribution in [0.5, 0.6) is 0 Å². The minimum Gasteiger partial charge on any atom is -0.468 e. The summed E-state index contributed by atoms with van der Waals surface area (Å²) in [6.45, 7) is 1.20. The van der Waals surface area contributed by atoms with Gasteiger partial charge in [-0.05, 0) is 49.6 Å². The summed E-state index contributed by atoms with van der Waals surface area (Å²) in [6, 6.07) is 12.3. The second-order valence-corrected chi connectivity index (χ2v) is 8.24. The van der Waals surface area contributed by atoms with Gasteiger partial charge in [0.05, 0.1) is 29.9 Å². The maximum Gasteiger partial charge on any atom is 0.340 e. The number of methoxy groups -OCH3 is 1. The zero-order chi connectivity index (χ0) is 20.7. The molecule has 7 nitrogen and oxygen atoms in total. The van der Waals surface area contributed by atoms with E-state index >= 15 is 0 Å². The van der Waals surface area contributed by atoms with Crippen molar-refractivity contribution in [3.05, 3.63) is 54.1 Å². The van der Waals surface area contributed by atoms with Crippen molar-refractivity contribution < 1.29 is 27.5 Å². The average molecular weight is 424 g/mol. The zero-order valence-corrected chi connectivity index (χ0v) is 17.4. The molecule has 0 fully saturated rings. The number of carbonyl (C=O) groups is 2. The number of anilines is 1. The zero-order valence-electron chi connectivity index (χ0n) is 15.7. The van der Waals surface area contributed by atoms with Crippen molar-refractivity contribution in [2.75, 3.05) is 30.8 Å². The molecule has 0 heterocycles. The van der Waals surface area contributed by atoms with Crippen LogP contribution in [0.2, 0.25) is 0 Å². The van der Waals surface area contributed by atoms with E-state index in [4.69, 9.17) is 4.74 Å². The van der Waals surface area contributed by atoms with Gasteiger partial charge < -0.3 is 9.47 Å². The Morgan fingerprint density at radius 2 is 1.71 bits per heavy atom. The number of carbonyl (C=O) groups excluding carboxylic acids is 2. The SMILES string of the molecule is CCOC(=O)c1ccccc1N(CC(=O)OC)S(=O)(=O)c1ccc(SC)cc1. The van der Waals surface area contributed by atoms with Crippen molar-refractivity contribution in [1.29, 1.82) is 0 Å². The molecule has 28 heavy (non-hydrogen) atoms. The molecule has 0 aliphatic heterocycles. The lowest BCUT2D eigenvalue weighted by Crippen LogP contribution is -2.37. The van der Waals surface area contributed by atoms with E-state index in [-0.39, 0.29) is 22.8 Å². The lowest BCUT2D eigenvalue weighted by atomic mass is 10.2. The van der Waals surface area contributed by atoms with Crippen molar-refractivity contribution in [2.24, 2.45) is 0 Å². The van der Waals surface area contributed by atoms with E-state index < -0.39 is 28.5 Å². The fourth-order valence-electron chi connectivity index (χ4n) is 2.43.